The maximum absolute atomic E-state index is 8.45. The van der Waals surface area contributed by atoms with E-state index < -0.39 is 6.23 Å². The van der Waals surface area contributed by atoms with E-state index in [0.29, 0.717) is 22.9 Å². The molecule has 0 bridgehead atoms. The van der Waals surface area contributed by atoms with E-state index in [4.69, 9.17) is 14.6 Å². The third-order valence-corrected chi connectivity index (χ3v) is 5.60. The van der Waals surface area contributed by atoms with Gasteiger partial charge in [0, 0.05) is 16.7 Å². The summed E-state index contributed by atoms with van der Waals surface area (Å²) in [6.45, 7) is 10.3. The number of hydrogen-bond acceptors (Lipinski definition) is 5. The highest BCUT2D eigenvalue weighted by atomic mass is 16.5. The Labute approximate surface area is 199 Å². The van der Waals surface area contributed by atoms with Crippen LogP contribution in [0.1, 0.15) is 49.3 Å². The summed E-state index contributed by atoms with van der Waals surface area (Å²) < 4.78 is 11.7. The molecule has 0 fully saturated rings. The Morgan fingerprint density at radius 3 is 2.24 bits per heavy atom. The molecular formula is C28H29N4O2+. The summed E-state index contributed by atoms with van der Waals surface area (Å²) in [7, 11) is 0. The van der Waals surface area contributed by atoms with Crippen molar-refractivity contribution in [3.63, 3.8) is 0 Å². The minimum Gasteiger partial charge on any atom is -0.421 e. The summed E-state index contributed by atoms with van der Waals surface area (Å²) >= 11 is 0. The molecule has 0 radical (unpaired) electrons. The van der Waals surface area contributed by atoms with Crippen LogP contribution in [0.5, 0.6) is 0 Å². The van der Waals surface area contributed by atoms with Gasteiger partial charge >= 0.3 is 0 Å². The van der Waals surface area contributed by atoms with Crippen LogP contribution < -0.4 is 5.73 Å². The Balaban J connectivity index is 1.48. The van der Waals surface area contributed by atoms with E-state index in [1.54, 1.807) is 12.1 Å². The molecule has 1 heterocycles. The highest BCUT2D eigenvalue weighted by Crippen LogP contribution is 2.26. The second kappa shape index (κ2) is 9.45. The molecule has 4 rings (SSSR count). The van der Waals surface area contributed by atoms with Crippen LogP contribution in [0.4, 0.5) is 0 Å². The van der Waals surface area contributed by atoms with Gasteiger partial charge in [0.15, 0.2) is 0 Å². The van der Waals surface area contributed by atoms with Gasteiger partial charge in [0.2, 0.25) is 17.7 Å². The molecule has 172 valence electrons. The van der Waals surface area contributed by atoms with Crippen LogP contribution >= 0.6 is 0 Å². The summed E-state index contributed by atoms with van der Waals surface area (Å²) in [6, 6.07) is 23.2. The molecule has 0 spiro atoms. The largest absolute Gasteiger partial charge is 0.421 e. The van der Waals surface area contributed by atoms with E-state index in [1.165, 1.54) is 5.56 Å². The number of ether oxygens (including phenoxy) is 1. The summed E-state index contributed by atoms with van der Waals surface area (Å²) in [5.41, 5.74) is 9.47. The maximum atomic E-state index is 8.45. The first-order valence-electron chi connectivity index (χ1n) is 11.1. The number of nitrogens with one attached hydrogen (secondary N) is 1. The number of rotatable bonds is 6. The quantitative estimate of drug-likeness (QED) is 0.225. The number of benzene rings is 3. The van der Waals surface area contributed by atoms with Gasteiger partial charge in [-0.15, -0.1) is 10.2 Å². The van der Waals surface area contributed by atoms with Gasteiger partial charge in [0.1, 0.15) is 0 Å². The first-order valence-corrected chi connectivity index (χ1v) is 11.1. The average Bonchev–Trinajstić information content (AvgIpc) is 3.34. The summed E-state index contributed by atoms with van der Waals surface area (Å²) in [6.07, 6.45) is 1.28. The van der Waals surface area contributed by atoms with Crippen molar-refractivity contribution in [1.29, 1.82) is 5.41 Å². The molecular weight excluding hydrogens is 424 g/mol. The topological polar surface area (TPSA) is 99.6 Å². The monoisotopic (exact) mass is 453 g/mol. The molecule has 0 saturated carbocycles. The molecule has 6 heteroatoms. The van der Waals surface area contributed by atoms with Crippen LogP contribution in [-0.2, 0) is 10.2 Å². The Kier molecular flexibility index (Phi) is 6.43. The van der Waals surface area contributed by atoms with Crippen LogP contribution in [0.3, 0.4) is 0 Å². The molecule has 1 atom stereocenters. The lowest BCUT2D eigenvalue weighted by molar-refractivity contribution is -0.484. The normalized spacial score (nSPS) is 12.2. The molecule has 1 unspecified atom stereocenters. The molecule has 0 amide bonds. The summed E-state index contributed by atoms with van der Waals surface area (Å²) in [5.74, 6) is 0.835. The zero-order valence-corrected chi connectivity index (χ0v) is 19.7. The second-order valence-corrected chi connectivity index (χ2v) is 9.13. The molecule has 4 aromatic rings. The van der Waals surface area contributed by atoms with Gasteiger partial charge in [-0.1, -0.05) is 63.8 Å². The van der Waals surface area contributed by atoms with E-state index in [0.717, 1.165) is 16.7 Å². The molecule has 0 aliphatic carbocycles. The van der Waals surface area contributed by atoms with Gasteiger partial charge in [-0.3, -0.25) is 5.41 Å². The van der Waals surface area contributed by atoms with Gasteiger partial charge < -0.3 is 14.9 Å². The van der Waals surface area contributed by atoms with Crippen LogP contribution in [0.2, 0.25) is 0 Å². The lowest BCUT2D eigenvalue weighted by atomic mass is 9.86. The van der Waals surface area contributed by atoms with Crippen LogP contribution in [0, 0.1) is 5.41 Å². The Hall–Kier alpha value is -4.03. The average molecular weight is 454 g/mol. The zero-order valence-electron chi connectivity index (χ0n) is 19.7. The predicted octanol–water partition coefficient (Wildman–Crippen LogP) is 5.63. The predicted molar refractivity (Wildman–Crippen MR) is 134 cm³/mol. The van der Waals surface area contributed by atoms with E-state index in [2.05, 4.69) is 55.4 Å². The lowest BCUT2D eigenvalue weighted by Gasteiger charge is -2.20. The van der Waals surface area contributed by atoms with Crippen molar-refractivity contribution in [1.82, 2.24) is 10.2 Å². The SMILES string of the molecule is C=Cc1ccc(-c2nnc(-c3cccc(C(=N)OC([NH3+])c4ccc(C(C)(C)C)cc4)c3)o2)cc1. The maximum Gasteiger partial charge on any atom is 0.257 e. The third-order valence-electron chi connectivity index (χ3n) is 5.60. The van der Waals surface area contributed by atoms with Crippen LogP contribution in [0.25, 0.3) is 29.0 Å². The summed E-state index contributed by atoms with van der Waals surface area (Å²) in [5, 5.41) is 16.8. The van der Waals surface area contributed by atoms with Crippen molar-refractivity contribution in [2.24, 2.45) is 0 Å². The summed E-state index contributed by atoms with van der Waals surface area (Å²) in [4.78, 5) is 0. The van der Waals surface area contributed by atoms with Gasteiger partial charge in [-0.05, 0) is 59.0 Å². The molecule has 3 aromatic carbocycles. The highest BCUT2D eigenvalue weighted by Gasteiger charge is 2.18. The van der Waals surface area contributed by atoms with Gasteiger partial charge in [0.05, 0.1) is 5.56 Å². The van der Waals surface area contributed by atoms with Crippen LogP contribution in [0.15, 0.2) is 83.8 Å². The minimum atomic E-state index is -0.501. The van der Waals surface area contributed by atoms with Crippen LogP contribution in [-0.4, -0.2) is 16.1 Å². The molecule has 0 aliphatic rings. The van der Waals surface area contributed by atoms with E-state index in [-0.39, 0.29) is 11.3 Å². The fraction of sp³-hybridized carbons (Fsp3) is 0.179. The van der Waals surface area contributed by atoms with Crippen molar-refractivity contribution in [2.75, 3.05) is 0 Å². The van der Waals surface area contributed by atoms with E-state index in [1.807, 2.05) is 54.6 Å². The molecule has 1 aromatic heterocycles. The number of quaternary nitrogens is 1. The fourth-order valence-electron chi connectivity index (χ4n) is 3.49. The smallest absolute Gasteiger partial charge is 0.257 e. The fourth-order valence-corrected chi connectivity index (χ4v) is 3.49. The molecule has 6 nitrogen and oxygen atoms in total. The lowest BCUT2D eigenvalue weighted by Crippen LogP contribution is -2.55. The van der Waals surface area contributed by atoms with Gasteiger partial charge in [-0.25, -0.2) is 0 Å². The third kappa shape index (κ3) is 5.13. The first-order chi connectivity index (χ1) is 16.2. The molecule has 0 aliphatic heterocycles. The van der Waals surface area contributed by atoms with Crippen molar-refractivity contribution in [3.05, 3.63) is 102 Å². The first kappa shape index (κ1) is 23.1. The Morgan fingerprint density at radius 2 is 1.62 bits per heavy atom. The molecule has 34 heavy (non-hydrogen) atoms. The van der Waals surface area contributed by atoms with Gasteiger partial charge in [0.25, 0.3) is 6.23 Å². The number of hydrogen-bond donors (Lipinski definition) is 2. The van der Waals surface area contributed by atoms with E-state index in [9.17, 15) is 0 Å². The molecule has 4 N–H and O–H groups in total. The Bertz CT molecular complexity index is 1300. The van der Waals surface area contributed by atoms with Crippen molar-refractivity contribution >= 4 is 12.0 Å². The second-order valence-electron chi connectivity index (χ2n) is 9.13. The van der Waals surface area contributed by atoms with Crippen molar-refractivity contribution in [2.45, 2.75) is 32.4 Å². The standard InChI is InChI=1S/C28H28N4O2/c1-5-18-9-11-20(12-10-18)26-31-32-27(34-26)22-8-6-7-21(17-22)25(30)33-24(29)19-13-15-23(16-14-19)28(2,3)4/h5-17,24,30H,1,29H2,2-4H3/p+1. The van der Waals surface area contributed by atoms with Gasteiger partial charge in [-0.2, -0.15) is 0 Å². The zero-order chi connectivity index (χ0) is 24.3. The highest BCUT2D eigenvalue weighted by molar-refractivity contribution is 5.92. The minimum absolute atomic E-state index is 0.0292. The Morgan fingerprint density at radius 1 is 0.971 bits per heavy atom. The number of aromatic nitrogens is 2. The van der Waals surface area contributed by atoms with Crippen molar-refractivity contribution in [3.8, 4) is 22.9 Å². The van der Waals surface area contributed by atoms with Crippen molar-refractivity contribution < 1.29 is 14.9 Å². The number of nitrogens with zero attached hydrogens (tertiary/aromatic N) is 2. The molecule has 0 saturated heterocycles. The van der Waals surface area contributed by atoms with E-state index >= 15 is 0 Å².